The van der Waals surface area contributed by atoms with Crippen LogP contribution in [-0.2, 0) is 11.3 Å². The van der Waals surface area contributed by atoms with Crippen LogP contribution in [-0.4, -0.2) is 26.4 Å². The Morgan fingerprint density at radius 3 is 2.71 bits per heavy atom. The van der Waals surface area contributed by atoms with E-state index in [2.05, 4.69) is 48.1 Å². The quantitative estimate of drug-likeness (QED) is 0.595. The third kappa shape index (κ3) is 8.44. The summed E-state index contributed by atoms with van der Waals surface area (Å²) in [5.41, 5.74) is 1.18. The van der Waals surface area contributed by atoms with Crippen molar-refractivity contribution in [1.82, 2.24) is 5.32 Å². The fourth-order valence-corrected chi connectivity index (χ4v) is 2.29. The molecule has 1 N–H and O–H groups in total. The smallest absolute Gasteiger partial charge is 0.123 e. The van der Waals surface area contributed by atoms with Crippen LogP contribution < -0.4 is 10.1 Å². The van der Waals surface area contributed by atoms with Crippen LogP contribution >= 0.6 is 15.9 Å². The van der Waals surface area contributed by atoms with E-state index in [1.165, 1.54) is 12.0 Å². The standard InChI is InChI=1S/C17H28BrNO2/c1-4-5-8-20-9-10-21-17-7-6-16(18)11-15(17)13-19-12-14(2)3/h6-7,11,14,19H,4-5,8-10,12-13H2,1-3H3. The molecule has 0 unspecified atom stereocenters. The highest BCUT2D eigenvalue weighted by atomic mass is 79.9. The highest BCUT2D eigenvalue weighted by Crippen LogP contribution is 2.23. The van der Waals surface area contributed by atoms with Crippen molar-refractivity contribution in [2.45, 2.75) is 40.2 Å². The Balaban J connectivity index is 2.40. The molecular weight excluding hydrogens is 330 g/mol. The molecule has 0 atom stereocenters. The normalized spacial score (nSPS) is 11.1. The Morgan fingerprint density at radius 1 is 1.19 bits per heavy atom. The van der Waals surface area contributed by atoms with Crippen molar-refractivity contribution >= 4 is 15.9 Å². The molecule has 1 rings (SSSR count). The third-order valence-corrected chi connectivity index (χ3v) is 3.51. The molecule has 1 aromatic carbocycles. The molecule has 0 spiro atoms. The van der Waals surface area contributed by atoms with Gasteiger partial charge in [0.05, 0.1) is 6.61 Å². The van der Waals surface area contributed by atoms with Gasteiger partial charge < -0.3 is 14.8 Å². The minimum absolute atomic E-state index is 0.600. The van der Waals surface area contributed by atoms with Crippen LogP contribution in [0.4, 0.5) is 0 Å². The summed E-state index contributed by atoms with van der Waals surface area (Å²) in [6.07, 6.45) is 2.28. The van der Waals surface area contributed by atoms with Gasteiger partial charge in [0.25, 0.3) is 0 Å². The zero-order valence-corrected chi connectivity index (χ0v) is 15.0. The van der Waals surface area contributed by atoms with E-state index < -0.39 is 0 Å². The number of nitrogens with one attached hydrogen (secondary N) is 1. The Morgan fingerprint density at radius 2 is 2.00 bits per heavy atom. The zero-order valence-electron chi connectivity index (χ0n) is 13.5. The molecule has 0 saturated heterocycles. The lowest BCUT2D eigenvalue weighted by Gasteiger charge is -2.14. The fourth-order valence-electron chi connectivity index (χ4n) is 1.88. The second kappa shape index (κ2) is 11.0. The molecule has 0 heterocycles. The van der Waals surface area contributed by atoms with Gasteiger partial charge in [-0.1, -0.05) is 43.1 Å². The minimum atomic E-state index is 0.600. The van der Waals surface area contributed by atoms with Crippen molar-refractivity contribution in [3.8, 4) is 5.75 Å². The largest absolute Gasteiger partial charge is 0.491 e. The molecule has 0 saturated carbocycles. The molecule has 0 fully saturated rings. The van der Waals surface area contributed by atoms with Gasteiger partial charge in [0.2, 0.25) is 0 Å². The lowest BCUT2D eigenvalue weighted by molar-refractivity contribution is 0.0977. The van der Waals surface area contributed by atoms with Crippen molar-refractivity contribution in [2.24, 2.45) is 5.92 Å². The van der Waals surface area contributed by atoms with Crippen LogP contribution in [0.5, 0.6) is 5.75 Å². The second-order valence-electron chi connectivity index (χ2n) is 5.59. The topological polar surface area (TPSA) is 30.5 Å². The first kappa shape index (κ1) is 18.5. The molecule has 0 amide bonds. The van der Waals surface area contributed by atoms with Crippen molar-refractivity contribution in [2.75, 3.05) is 26.4 Å². The Labute approximate surface area is 137 Å². The molecule has 21 heavy (non-hydrogen) atoms. The summed E-state index contributed by atoms with van der Waals surface area (Å²) in [6, 6.07) is 6.14. The molecule has 0 bridgehead atoms. The molecule has 0 aliphatic rings. The van der Waals surface area contributed by atoms with Gasteiger partial charge in [-0.2, -0.15) is 0 Å². The summed E-state index contributed by atoms with van der Waals surface area (Å²) in [7, 11) is 0. The lowest BCUT2D eigenvalue weighted by atomic mass is 10.2. The first-order valence-electron chi connectivity index (χ1n) is 7.83. The van der Waals surface area contributed by atoms with Crippen LogP contribution in [0.2, 0.25) is 0 Å². The number of unbranched alkanes of at least 4 members (excludes halogenated alkanes) is 1. The number of ether oxygens (including phenoxy) is 2. The molecule has 120 valence electrons. The Hall–Kier alpha value is -0.580. The van der Waals surface area contributed by atoms with E-state index in [1.54, 1.807) is 0 Å². The highest BCUT2D eigenvalue weighted by Gasteiger charge is 2.05. The molecule has 1 aromatic rings. The molecule has 0 aliphatic heterocycles. The Bertz CT molecular complexity index is 396. The van der Waals surface area contributed by atoms with Gasteiger partial charge in [0.15, 0.2) is 0 Å². The predicted molar refractivity (Wildman–Crippen MR) is 91.9 cm³/mol. The number of rotatable bonds is 11. The summed E-state index contributed by atoms with van der Waals surface area (Å²) in [6.45, 7) is 10.5. The maximum Gasteiger partial charge on any atom is 0.123 e. The first-order chi connectivity index (χ1) is 10.1. The second-order valence-corrected chi connectivity index (χ2v) is 6.51. The third-order valence-electron chi connectivity index (χ3n) is 3.02. The fraction of sp³-hybridized carbons (Fsp3) is 0.647. The molecule has 0 aromatic heterocycles. The van der Waals surface area contributed by atoms with Crippen molar-refractivity contribution in [1.29, 1.82) is 0 Å². The van der Waals surface area contributed by atoms with Crippen LogP contribution in [0, 0.1) is 5.92 Å². The summed E-state index contributed by atoms with van der Waals surface area (Å²) in [5, 5.41) is 3.45. The highest BCUT2D eigenvalue weighted by molar-refractivity contribution is 9.10. The van der Waals surface area contributed by atoms with Crippen molar-refractivity contribution in [3.63, 3.8) is 0 Å². The molecule has 4 heteroatoms. The average molecular weight is 358 g/mol. The summed E-state index contributed by atoms with van der Waals surface area (Å²) < 4.78 is 12.4. The van der Waals surface area contributed by atoms with E-state index in [0.29, 0.717) is 19.1 Å². The van der Waals surface area contributed by atoms with Crippen LogP contribution in [0.15, 0.2) is 22.7 Å². The molecule has 3 nitrogen and oxygen atoms in total. The molecule has 0 radical (unpaired) electrons. The van der Waals surface area contributed by atoms with Crippen LogP contribution in [0.3, 0.4) is 0 Å². The van der Waals surface area contributed by atoms with E-state index in [-0.39, 0.29) is 0 Å². The molecular formula is C17H28BrNO2. The van der Waals surface area contributed by atoms with E-state index in [9.17, 15) is 0 Å². The van der Waals surface area contributed by atoms with Gasteiger partial charge in [-0.05, 0) is 37.1 Å². The van der Waals surface area contributed by atoms with Crippen LogP contribution in [0.25, 0.3) is 0 Å². The van der Waals surface area contributed by atoms with Crippen LogP contribution in [0.1, 0.15) is 39.2 Å². The number of halogens is 1. The van der Waals surface area contributed by atoms with E-state index in [1.807, 2.05) is 12.1 Å². The van der Waals surface area contributed by atoms with E-state index >= 15 is 0 Å². The number of benzene rings is 1. The van der Waals surface area contributed by atoms with Gasteiger partial charge >= 0.3 is 0 Å². The lowest BCUT2D eigenvalue weighted by Crippen LogP contribution is -2.19. The maximum atomic E-state index is 5.84. The van der Waals surface area contributed by atoms with E-state index in [0.717, 1.165) is 36.3 Å². The maximum absolute atomic E-state index is 5.84. The van der Waals surface area contributed by atoms with Gasteiger partial charge in [0.1, 0.15) is 12.4 Å². The summed E-state index contributed by atoms with van der Waals surface area (Å²) in [4.78, 5) is 0. The van der Waals surface area contributed by atoms with Gasteiger partial charge in [-0.25, -0.2) is 0 Å². The van der Waals surface area contributed by atoms with Gasteiger partial charge in [0, 0.05) is 23.2 Å². The monoisotopic (exact) mass is 357 g/mol. The van der Waals surface area contributed by atoms with Crippen molar-refractivity contribution in [3.05, 3.63) is 28.2 Å². The summed E-state index contributed by atoms with van der Waals surface area (Å²) in [5.74, 6) is 1.59. The van der Waals surface area contributed by atoms with Gasteiger partial charge in [-0.15, -0.1) is 0 Å². The first-order valence-corrected chi connectivity index (χ1v) is 8.62. The zero-order chi connectivity index (χ0) is 15.5. The van der Waals surface area contributed by atoms with Crippen molar-refractivity contribution < 1.29 is 9.47 Å². The summed E-state index contributed by atoms with van der Waals surface area (Å²) >= 11 is 3.52. The number of hydrogen-bond acceptors (Lipinski definition) is 3. The van der Waals surface area contributed by atoms with E-state index in [4.69, 9.17) is 9.47 Å². The predicted octanol–water partition coefficient (Wildman–Crippen LogP) is 4.39. The number of hydrogen-bond donors (Lipinski definition) is 1. The molecule has 0 aliphatic carbocycles. The Kier molecular flexibility index (Phi) is 9.72. The SMILES string of the molecule is CCCCOCCOc1ccc(Br)cc1CNCC(C)C. The van der Waals surface area contributed by atoms with Gasteiger partial charge in [-0.3, -0.25) is 0 Å². The average Bonchev–Trinajstić information content (AvgIpc) is 2.44. The minimum Gasteiger partial charge on any atom is -0.491 e.